The molecule has 0 aliphatic carbocycles. The minimum Gasteiger partial charge on any atom is -0.369 e. The van der Waals surface area contributed by atoms with E-state index in [4.69, 9.17) is 4.74 Å². The van der Waals surface area contributed by atoms with Crippen molar-refractivity contribution in [3.05, 3.63) is 35.7 Å². The third-order valence-electron chi connectivity index (χ3n) is 5.47. The first-order valence-electron chi connectivity index (χ1n) is 9.68. The third kappa shape index (κ3) is 4.06. The highest BCUT2D eigenvalue weighted by molar-refractivity contribution is 5.77. The van der Waals surface area contributed by atoms with E-state index in [1.54, 1.807) is 0 Å². The van der Waals surface area contributed by atoms with Crippen LogP contribution in [0.15, 0.2) is 18.6 Å². The van der Waals surface area contributed by atoms with Crippen LogP contribution in [-0.4, -0.2) is 67.9 Å². The van der Waals surface area contributed by atoms with Crippen LogP contribution in [0.5, 0.6) is 0 Å². The molecule has 0 spiro atoms. The van der Waals surface area contributed by atoms with Crippen molar-refractivity contribution in [1.82, 2.24) is 29.1 Å². The van der Waals surface area contributed by atoms with Crippen molar-refractivity contribution in [3.8, 4) is 0 Å². The molecule has 0 N–H and O–H groups in total. The molecule has 0 radical (unpaired) electrons. The van der Waals surface area contributed by atoms with Gasteiger partial charge in [-0.2, -0.15) is 5.10 Å². The average Bonchev–Trinajstić information content (AvgIpc) is 3.37. The second-order valence-corrected chi connectivity index (χ2v) is 7.62. The van der Waals surface area contributed by atoms with Crippen LogP contribution in [0.25, 0.3) is 0 Å². The molecule has 0 bridgehead atoms. The molecule has 27 heavy (non-hydrogen) atoms. The van der Waals surface area contributed by atoms with Crippen molar-refractivity contribution in [2.75, 3.05) is 32.8 Å². The lowest BCUT2D eigenvalue weighted by molar-refractivity contribution is -0.135. The molecule has 1 saturated heterocycles. The Morgan fingerprint density at radius 3 is 2.89 bits per heavy atom. The number of likely N-dealkylation sites (tertiary alicyclic amines) is 1. The largest absolute Gasteiger partial charge is 0.369 e. The van der Waals surface area contributed by atoms with Gasteiger partial charge in [-0.25, -0.2) is 4.98 Å². The highest BCUT2D eigenvalue weighted by Crippen LogP contribution is 2.23. The van der Waals surface area contributed by atoms with Crippen molar-refractivity contribution in [1.29, 1.82) is 0 Å². The number of aryl methyl sites for hydroxylation is 2. The summed E-state index contributed by atoms with van der Waals surface area (Å²) in [6, 6.07) is 2.29. The molecule has 8 heteroatoms. The second kappa shape index (κ2) is 7.82. The van der Waals surface area contributed by atoms with Gasteiger partial charge < -0.3 is 14.2 Å². The lowest BCUT2D eigenvalue weighted by Crippen LogP contribution is -2.39. The Bertz CT molecular complexity index is 792. The highest BCUT2D eigenvalue weighted by Gasteiger charge is 2.26. The number of aromatic nitrogens is 4. The summed E-state index contributed by atoms with van der Waals surface area (Å²) in [7, 11) is 1.99. The Labute approximate surface area is 159 Å². The molecule has 146 valence electrons. The van der Waals surface area contributed by atoms with Crippen LogP contribution in [0.4, 0.5) is 0 Å². The number of fused-ring (bicyclic) bond motifs is 1. The fourth-order valence-corrected chi connectivity index (χ4v) is 4.10. The number of ether oxygens (including phenoxy) is 1. The van der Waals surface area contributed by atoms with E-state index in [0.29, 0.717) is 6.61 Å². The van der Waals surface area contributed by atoms with Gasteiger partial charge in [0.2, 0.25) is 5.91 Å². The predicted octanol–water partition coefficient (Wildman–Crippen LogP) is 1.12. The van der Waals surface area contributed by atoms with E-state index in [0.717, 1.165) is 51.3 Å². The van der Waals surface area contributed by atoms with Gasteiger partial charge in [0.25, 0.3) is 0 Å². The Morgan fingerprint density at radius 2 is 2.15 bits per heavy atom. The molecule has 2 aliphatic heterocycles. The number of imidazole rings is 1. The van der Waals surface area contributed by atoms with Gasteiger partial charge in [0.05, 0.1) is 36.1 Å². The fourth-order valence-electron chi connectivity index (χ4n) is 4.10. The predicted molar refractivity (Wildman–Crippen MR) is 100.0 cm³/mol. The number of hydrogen-bond donors (Lipinski definition) is 0. The van der Waals surface area contributed by atoms with Crippen LogP contribution < -0.4 is 0 Å². The first kappa shape index (κ1) is 18.2. The standard InChI is InChI=1S/C19H28N6O2/c1-15-7-16(22(2)21-15)9-23-10-17-8-20-14-25(17)18(11-23)12-27-13-19(26)24-5-3-4-6-24/h7-8,14,18H,3-6,9-13H2,1-2H3/t18-/m0/s1. The number of carbonyl (C=O) groups is 1. The van der Waals surface area contributed by atoms with Crippen LogP contribution in [0.1, 0.15) is 36.0 Å². The van der Waals surface area contributed by atoms with E-state index in [2.05, 4.69) is 25.6 Å². The van der Waals surface area contributed by atoms with E-state index >= 15 is 0 Å². The van der Waals surface area contributed by atoms with E-state index in [-0.39, 0.29) is 18.6 Å². The molecule has 8 nitrogen and oxygen atoms in total. The maximum atomic E-state index is 12.2. The van der Waals surface area contributed by atoms with Gasteiger partial charge >= 0.3 is 0 Å². The molecule has 1 amide bonds. The molecule has 4 rings (SSSR count). The summed E-state index contributed by atoms with van der Waals surface area (Å²) in [5.41, 5.74) is 3.42. The summed E-state index contributed by atoms with van der Waals surface area (Å²) in [5.74, 6) is 0.108. The van der Waals surface area contributed by atoms with Crippen molar-refractivity contribution in [2.24, 2.45) is 7.05 Å². The summed E-state index contributed by atoms with van der Waals surface area (Å²) in [4.78, 5) is 20.8. The van der Waals surface area contributed by atoms with Crippen molar-refractivity contribution in [3.63, 3.8) is 0 Å². The molecular formula is C19H28N6O2. The first-order valence-corrected chi connectivity index (χ1v) is 9.68. The Kier molecular flexibility index (Phi) is 5.27. The number of amides is 1. The van der Waals surface area contributed by atoms with Crippen LogP contribution in [0, 0.1) is 6.92 Å². The summed E-state index contributed by atoms with van der Waals surface area (Å²) in [5, 5.41) is 4.44. The smallest absolute Gasteiger partial charge is 0.248 e. The summed E-state index contributed by atoms with van der Waals surface area (Å²) in [6.45, 7) is 7.00. The minimum atomic E-state index is 0.108. The van der Waals surface area contributed by atoms with Crippen LogP contribution in [0.3, 0.4) is 0 Å². The van der Waals surface area contributed by atoms with Crippen molar-refractivity contribution in [2.45, 2.75) is 38.9 Å². The number of rotatable bonds is 6. The quantitative estimate of drug-likeness (QED) is 0.760. The normalized spacial score (nSPS) is 20.2. The minimum absolute atomic E-state index is 0.108. The Balaban J connectivity index is 1.36. The molecule has 0 saturated carbocycles. The summed E-state index contributed by atoms with van der Waals surface area (Å²) in [6.07, 6.45) is 6.00. The third-order valence-corrected chi connectivity index (χ3v) is 5.47. The van der Waals surface area contributed by atoms with Gasteiger partial charge in [0.15, 0.2) is 0 Å². The van der Waals surface area contributed by atoms with Crippen LogP contribution in [0.2, 0.25) is 0 Å². The van der Waals surface area contributed by atoms with Crippen LogP contribution >= 0.6 is 0 Å². The Hall–Kier alpha value is -2.19. The molecule has 1 fully saturated rings. The average molecular weight is 372 g/mol. The molecule has 2 aliphatic rings. The van der Waals surface area contributed by atoms with Gasteiger partial charge in [-0.15, -0.1) is 0 Å². The molecule has 4 heterocycles. The maximum Gasteiger partial charge on any atom is 0.248 e. The zero-order valence-corrected chi connectivity index (χ0v) is 16.2. The lowest BCUT2D eigenvalue weighted by atomic mass is 10.2. The monoisotopic (exact) mass is 372 g/mol. The number of carbonyl (C=O) groups excluding carboxylic acids is 1. The van der Waals surface area contributed by atoms with Crippen LogP contribution in [-0.2, 0) is 29.7 Å². The van der Waals surface area contributed by atoms with E-state index < -0.39 is 0 Å². The summed E-state index contributed by atoms with van der Waals surface area (Å²) >= 11 is 0. The SMILES string of the molecule is Cc1cc(CN2Cc3cncn3[C@H](COCC(=O)N3CCCC3)C2)n(C)n1. The topological polar surface area (TPSA) is 68.4 Å². The Morgan fingerprint density at radius 1 is 1.33 bits per heavy atom. The molecule has 0 unspecified atom stereocenters. The fraction of sp³-hybridized carbons (Fsp3) is 0.632. The zero-order valence-electron chi connectivity index (χ0n) is 16.2. The lowest BCUT2D eigenvalue weighted by Gasteiger charge is -2.34. The highest BCUT2D eigenvalue weighted by atomic mass is 16.5. The van der Waals surface area contributed by atoms with E-state index in [9.17, 15) is 4.79 Å². The molecule has 1 atom stereocenters. The second-order valence-electron chi connectivity index (χ2n) is 7.62. The first-order chi connectivity index (χ1) is 13.1. The number of nitrogens with zero attached hydrogens (tertiary/aromatic N) is 6. The van der Waals surface area contributed by atoms with Gasteiger partial charge in [0, 0.05) is 46.0 Å². The van der Waals surface area contributed by atoms with Crippen molar-refractivity contribution < 1.29 is 9.53 Å². The van der Waals surface area contributed by atoms with E-state index in [1.165, 1.54) is 11.4 Å². The zero-order chi connectivity index (χ0) is 18.8. The van der Waals surface area contributed by atoms with E-state index in [1.807, 2.05) is 36.1 Å². The molecule has 2 aromatic heterocycles. The van der Waals surface area contributed by atoms with Crippen molar-refractivity contribution >= 4 is 5.91 Å². The summed E-state index contributed by atoms with van der Waals surface area (Å²) < 4.78 is 9.95. The van der Waals surface area contributed by atoms with Gasteiger partial charge in [-0.1, -0.05) is 0 Å². The number of hydrogen-bond acceptors (Lipinski definition) is 5. The molecule has 2 aromatic rings. The van der Waals surface area contributed by atoms with Gasteiger partial charge in [-0.05, 0) is 25.8 Å². The molecule has 0 aromatic carbocycles. The molecular weight excluding hydrogens is 344 g/mol. The van der Waals surface area contributed by atoms with Gasteiger partial charge in [0.1, 0.15) is 6.61 Å². The maximum absolute atomic E-state index is 12.2. The van der Waals surface area contributed by atoms with Gasteiger partial charge in [-0.3, -0.25) is 14.4 Å².